The van der Waals surface area contributed by atoms with E-state index in [0.29, 0.717) is 18.4 Å². The molecule has 0 amide bonds. The third kappa shape index (κ3) is 2.24. The predicted octanol–water partition coefficient (Wildman–Crippen LogP) is 2.30. The highest BCUT2D eigenvalue weighted by atomic mass is 32.1. The van der Waals surface area contributed by atoms with Crippen LogP contribution in [0.15, 0.2) is 23.1 Å². The molecule has 0 unspecified atom stereocenters. The summed E-state index contributed by atoms with van der Waals surface area (Å²) in [7, 11) is 0. The Morgan fingerprint density at radius 2 is 2.08 bits per heavy atom. The van der Waals surface area contributed by atoms with Crippen molar-refractivity contribution in [2.75, 3.05) is 0 Å². The summed E-state index contributed by atoms with van der Waals surface area (Å²) in [5.41, 5.74) is 1.48. The highest BCUT2D eigenvalue weighted by Crippen LogP contribution is 2.19. The van der Waals surface area contributed by atoms with Crippen molar-refractivity contribution in [3.05, 3.63) is 29.3 Å². The molecule has 0 fully saturated rings. The molecule has 0 aliphatic carbocycles. The van der Waals surface area contributed by atoms with E-state index >= 15 is 0 Å². The normalized spacial score (nSPS) is 8.85. The van der Waals surface area contributed by atoms with Crippen LogP contribution in [0.25, 0.3) is 0 Å². The van der Waals surface area contributed by atoms with Crippen LogP contribution in [-0.4, -0.2) is 0 Å². The minimum Gasteiger partial charge on any atom is -0.198 e. The van der Waals surface area contributed by atoms with Gasteiger partial charge in [0, 0.05) is 11.3 Å². The molecule has 0 bridgehead atoms. The molecule has 13 heavy (non-hydrogen) atoms. The summed E-state index contributed by atoms with van der Waals surface area (Å²) in [4.78, 5) is 0.786. The van der Waals surface area contributed by atoms with Gasteiger partial charge in [-0.1, -0.05) is 6.07 Å². The standard InChI is InChI=1S/C10H8N2S/c11-6-2-4-9-8(7-12)3-1-5-10(9)13/h1,3,5,13H,2,4H2. The third-order valence-electron chi connectivity index (χ3n) is 1.76. The Labute approximate surface area is 82.8 Å². The van der Waals surface area contributed by atoms with Crippen LogP contribution in [-0.2, 0) is 6.42 Å². The maximum Gasteiger partial charge on any atom is 0.0994 e. The lowest BCUT2D eigenvalue weighted by atomic mass is 10.0. The van der Waals surface area contributed by atoms with Crippen molar-refractivity contribution in [3.63, 3.8) is 0 Å². The first-order valence-corrected chi connectivity index (χ1v) is 4.32. The van der Waals surface area contributed by atoms with Gasteiger partial charge in [0.2, 0.25) is 0 Å². The minimum absolute atomic E-state index is 0.423. The Morgan fingerprint density at radius 1 is 1.31 bits per heavy atom. The molecule has 0 N–H and O–H groups in total. The number of thiol groups is 1. The fourth-order valence-corrected chi connectivity index (χ4v) is 1.44. The number of nitriles is 2. The number of nitrogens with zero attached hydrogens (tertiary/aromatic N) is 2. The van der Waals surface area contributed by atoms with Crippen LogP contribution < -0.4 is 0 Å². The molecule has 0 radical (unpaired) electrons. The van der Waals surface area contributed by atoms with E-state index in [1.807, 2.05) is 6.07 Å². The van der Waals surface area contributed by atoms with Crippen LogP contribution in [0.2, 0.25) is 0 Å². The molecule has 0 saturated heterocycles. The van der Waals surface area contributed by atoms with Crippen molar-refractivity contribution in [2.24, 2.45) is 0 Å². The summed E-state index contributed by atoms with van der Waals surface area (Å²) < 4.78 is 0. The van der Waals surface area contributed by atoms with E-state index in [1.165, 1.54) is 0 Å². The first kappa shape index (κ1) is 9.64. The van der Waals surface area contributed by atoms with Gasteiger partial charge in [0.15, 0.2) is 0 Å². The lowest BCUT2D eigenvalue weighted by molar-refractivity contribution is 0.974. The average Bonchev–Trinajstić information content (AvgIpc) is 2.15. The molecule has 0 spiro atoms. The first-order valence-electron chi connectivity index (χ1n) is 3.87. The van der Waals surface area contributed by atoms with Gasteiger partial charge in [-0.3, -0.25) is 0 Å². The van der Waals surface area contributed by atoms with Gasteiger partial charge in [-0.05, 0) is 24.1 Å². The average molecular weight is 188 g/mol. The monoisotopic (exact) mass is 188 g/mol. The second-order valence-corrected chi connectivity index (χ2v) is 3.05. The van der Waals surface area contributed by atoms with Crippen molar-refractivity contribution in [3.8, 4) is 12.1 Å². The van der Waals surface area contributed by atoms with E-state index in [1.54, 1.807) is 12.1 Å². The SMILES string of the molecule is N#CCCc1c(S)cccc1C#N. The molecule has 2 nitrogen and oxygen atoms in total. The van der Waals surface area contributed by atoms with Gasteiger partial charge in [-0.15, -0.1) is 12.6 Å². The molecule has 0 atom stereocenters. The Hall–Kier alpha value is -1.45. The van der Waals surface area contributed by atoms with Gasteiger partial charge in [0.25, 0.3) is 0 Å². The van der Waals surface area contributed by atoms with Crippen molar-refractivity contribution in [1.29, 1.82) is 10.5 Å². The minimum atomic E-state index is 0.423. The van der Waals surface area contributed by atoms with E-state index in [0.717, 1.165) is 10.5 Å². The molecule has 3 heteroatoms. The Balaban J connectivity index is 3.04. The number of hydrogen-bond donors (Lipinski definition) is 1. The Kier molecular flexibility index (Phi) is 3.37. The zero-order valence-electron chi connectivity index (χ0n) is 6.99. The smallest absolute Gasteiger partial charge is 0.0994 e. The third-order valence-corrected chi connectivity index (χ3v) is 2.18. The highest BCUT2D eigenvalue weighted by Gasteiger charge is 2.04. The van der Waals surface area contributed by atoms with Gasteiger partial charge >= 0.3 is 0 Å². The van der Waals surface area contributed by atoms with Crippen LogP contribution in [0.5, 0.6) is 0 Å². The summed E-state index contributed by atoms with van der Waals surface area (Å²) in [6.07, 6.45) is 1.02. The summed E-state index contributed by atoms with van der Waals surface area (Å²) >= 11 is 4.23. The largest absolute Gasteiger partial charge is 0.198 e. The van der Waals surface area contributed by atoms with Gasteiger partial charge in [-0.2, -0.15) is 10.5 Å². The fourth-order valence-electron chi connectivity index (χ4n) is 1.12. The maximum atomic E-state index is 8.78. The van der Waals surface area contributed by atoms with Crippen LogP contribution in [0.1, 0.15) is 17.5 Å². The molecular formula is C10H8N2S. The van der Waals surface area contributed by atoms with E-state index < -0.39 is 0 Å². The van der Waals surface area contributed by atoms with Crippen molar-refractivity contribution in [1.82, 2.24) is 0 Å². The number of hydrogen-bond acceptors (Lipinski definition) is 3. The second-order valence-electron chi connectivity index (χ2n) is 2.57. The topological polar surface area (TPSA) is 47.6 Å². The molecule has 0 aliphatic heterocycles. The van der Waals surface area contributed by atoms with Crippen molar-refractivity contribution in [2.45, 2.75) is 17.7 Å². The molecule has 1 rings (SSSR count). The summed E-state index contributed by atoms with van der Waals surface area (Å²) in [6, 6.07) is 9.50. The zero-order valence-corrected chi connectivity index (χ0v) is 7.88. The highest BCUT2D eigenvalue weighted by molar-refractivity contribution is 7.80. The first-order chi connectivity index (χ1) is 6.29. The lowest BCUT2D eigenvalue weighted by Crippen LogP contribution is -1.91. The molecule has 1 aromatic rings. The van der Waals surface area contributed by atoms with Crippen LogP contribution in [0.3, 0.4) is 0 Å². The quantitative estimate of drug-likeness (QED) is 0.724. The van der Waals surface area contributed by atoms with Crippen molar-refractivity contribution < 1.29 is 0 Å². The number of rotatable bonds is 2. The van der Waals surface area contributed by atoms with E-state index in [9.17, 15) is 0 Å². The second kappa shape index (κ2) is 4.54. The van der Waals surface area contributed by atoms with Gasteiger partial charge < -0.3 is 0 Å². The van der Waals surface area contributed by atoms with Gasteiger partial charge in [0.1, 0.15) is 0 Å². The molecule has 0 saturated carbocycles. The van der Waals surface area contributed by atoms with E-state index in [4.69, 9.17) is 10.5 Å². The molecule has 0 aliphatic rings. The van der Waals surface area contributed by atoms with Crippen LogP contribution in [0.4, 0.5) is 0 Å². The summed E-state index contributed by atoms with van der Waals surface area (Å²) in [5, 5.41) is 17.2. The van der Waals surface area contributed by atoms with E-state index in [2.05, 4.69) is 24.8 Å². The molecule has 64 valence electrons. The zero-order chi connectivity index (χ0) is 9.68. The lowest BCUT2D eigenvalue weighted by Gasteiger charge is -2.03. The molecular weight excluding hydrogens is 180 g/mol. The Bertz CT molecular complexity index is 385. The van der Waals surface area contributed by atoms with Crippen LogP contribution >= 0.6 is 12.6 Å². The molecule has 0 aromatic heterocycles. The maximum absolute atomic E-state index is 8.78. The Morgan fingerprint density at radius 3 is 2.69 bits per heavy atom. The van der Waals surface area contributed by atoms with Gasteiger partial charge in [-0.25, -0.2) is 0 Å². The molecule has 0 heterocycles. The fraction of sp³-hybridized carbons (Fsp3) is 0.200. The molecule has 1 aromatic carbocycles. The predicted molar refractivity (Wildman–Crippen MR) is 52.3 cm³/mol. The van der Waals surface area contributed by atoms with Crippen LogP contribution in [0, 0.1) is 22.7 Å². The summed E-state index contributed by atoms with van der Waals surface area (Å²) in [6.45, 7) is 0. The van der Waals surface area contributed by atoms with Gasteiger partial charge in [0.05, 0.1) is 17.7 Å². The number of benzene rings is 1. The summed E-state index contributed by atoms with van der Waals surface area (Å²) in [5.74, 6) is 0. The van der Waals surface area contributed by atoms with Crippen molar-refractivity contribution >= 4 is 12.6 Å². The van der Waals surface area contributed by atoms with E-state index in [-0.39, 0.29) is 0 Å².